The zero-order chi connectivity index (χ0) is 17.8. The molecule has 134 valence electrons. The molecule has 24 heavy (non-hydrogen) atoms. The quantitative estimate of drug-likeness (QED) is 0.854. The van der Waals surface area contributed by atoms with Crippen molar-refractivity contribution in [3.8, 4) is 0 Å². The Balaban J connectivity index is 1.96. The summed E-state index contributed by atoms with van der Waals surface area (Å²) in [5.74, 6) is 0. The molecule has 1 saturated heterocycles. The van der Waals surface area contributed by atoms with Gasteiger partial charge in [0.05, 0.1) is 12.2 Å². The fraction of sp³-hybridized carbons (Fsp3) is 0.556. The summed E-state index contributed by atoms with van der Waals surface area (Å²) in [7, 11) is -3.47. The lowest BCUT2D eigenvalue weighted by molar-refractivity contribution is -0.0944. The number of nitrogens with one attached hydrogen (secondary N) is 1. The topological polar surface area (TPSA) is 58.6 Å². The van der Waals surface area contributed by atoms with Crippen LogP contribution in [0.3, 0.4) is 0 Å². The van der Waals surface area contributed by atoms with Crippen LogP contribution >= 0.6 is 0 Å². The third-order valence-electron chi connectivity index (χ3n) is 4.22. The van der Waals surface area contributed by atoms with Crippen molar-refractivity contribution in [2.75, 3.05) is 19.6 Å². The highest BCUT2D eigenvalue weighted by atomic mass is 32.2. The number of ether oxygens (including phenoxy) is 1. The average Bonchev–Trinajstić information content (AvgIpc) is 2.52. The lowest BCUT2D eigenvalue weighted by Gasteiger charge is -2.45. The Morgan fingerprint density at radius 1 is 1.21 bits per heavy atom. The van der Waals surface area contributed by atoms with Gasteiger partial charge in [-0.1, -0.05) is 30.3 Å². The number of morpholine rings is 1. The van der Waals surface area contributed by atoms with E-state index in [4.69, 9.17) is 4.74 Å². The Kier molecular flexibility index (Phi) is 6.20. The van der Waals surface area contributed by atoms with E-state index in [-0.39, 0.29) is 17.7 Å². The first-order valence-corrected chi connectivity index (χ1v) is 9.86. The van der Waals surface area contributed by atoms with Crippen molar-refractivity contribution in [1.82, 2.24) is 9.62 Å². The van der Waals surface area contributed by atoms with Crippen LogP contribution in [-0.2, 0) is 14.8 Å². The van der Waals surface area contributed by atoms with E-state index >= 15 is 0 Å². The molecule has 5 nitrogen and oxygen atoms in total. The first-order chi connectivity index (χ1) is 11.2. The molecule has 0 saturated carbocycles. The van der Waals surface area contributed by atoms with E-state index in [1.807, 2.05) is 44.2 Å². The summed E-state index contributed by atoms with van der Waals surface area (Å²) >= 11 is 0. The molecule has 1 aromatic carbocycles. The van der Waals surface area contributed by atoms with Crippen LogP contribution in [-0.4, -0.2) is 50.7 Å². The maximum Gasteiger partial charge on any atom is 0.233 e. The highest BCUT2D eigenvalue weighted by Gasteiger charge is 2.33. The molecule has 0 radical (unpaired) electrons. The van der Waals surface area contributed by atoms with E-state index < -0.39 is 10.0 Å². The summed E-state index contributed by atoms with van der Waals surface area (Å²) in [5, 5.41) is 1.23. The number of hydrogen-bond acceptors (Lipinski definition) is 4. The van der Waals surface area contributed by atoms with Crippen LogP contribution in [0, 0.1) is 0 Å². The smallest absolute Gasteiger partial charge is 0.233 e. The minimum absolute atomic E-state index is 0.155. The number of benzene rings is 1. The number of sulfonamides is 1. The third kappa shape index (κ3) is 5.70. The largest absolute Gasteiger partial charge is 0.373 e. The maximum atomic E-state index is 12.2. The predicted octanol–water partition coefficient (Wildman–Crippen LogP) is 2.46. The molecule has 1 N–H and O–H groups in total. The highest BCUT2D eigenvalue weighted by molar-refractivity contribution is 7.92. The van der Waals surface area contributed by atoms with Crippen molar-refractivity contribution in [3.05, 3.63) is 41.3 Å². The zero-order valence-corrected chi connectivity index (χ0v) is 15.7. The molecule has 0 aromatic heterocycles. The van der Waals surface area contributed by atoms with Crippen molar-refractivity contribution in [2.45, 2.75) is 45.4 Å². The minimum atomic E-state index is -3.47. The van der Waals surface area contributed by atoms with Crippen molar-refractivity contribution >= 4 is 16.1 Å². The summed E-state index contributed by atoms with van der Waals surface area (Å²) in [6, 6.07) is 9.39. The van der Waals surface area contributed by atoms with Crippen LogP contribution in [0.25, 0.3) is 6.08 Å². The Morgan fingerprint density at radius 3 is 2.38 bits per heavy atom. The molecular formula is C18H28N2O3S. The molecule has 1 aromatic rings. The Morgan fingerprint density at radius 2 is 1.79 bits per heavy atom. The molecule has 2 atom stereocenters. The molecule has 0 spiro atoms. The lowest BCUT2D eigenvalue weighted by Crippen LogP contribution is -2.58. The summed E-state index contributed by atoms with van der Waals surface area (Å²) in [4.78, 5) is 2.29. The number of nitrogens with zero attached hydrogens (tertiary/aromatic N) is 1. The fourth-order valence-electron chi connectivity index (χ4n) is 2.84. The zero-order valence-electron chi connectivity index (χ0n) is 14.9. The van der Waals surface area contributed by atoms with Crippen LogP contribution in [0.4, 0.5) is 0 Å². The minimum Gasteiger partial charge on any atom is -0.373 e. The monoisotopic (exact) mass is 352 g/mol. The first-order valence-electron chi connectivity index (χ1n) is 8.31. The first kappa shape index (κ1) is 19.1. The van der Waals surface area contributed by atoms with Crippen molar-refractivity contribution in [1.29, 1.82) is 0 Å². The number of hydrogen-bond donors (Lipinski definition) is 1. The van der Waals surface area contributed by atoms with Gasteiger partial charge in [0, 0.05) is 30.6 Å². The van der Waals surface area contributed by atoms with Crippen LogP contribution in [0.2, 0.25) is 0 Å². The van der Waals surface area contributed by atoms with E-state index in [1.54, 1.807) is 6.08 Å². The Hall–Kier alpha value is -1.21. The van der Waals surface area contributed by atoms with Crippen LogP contribution in [0.15, 0.2) is 35.7 Å². The molecule has 0 aliphatic carbocycles. The predicted molar refractivity (Wildman–Crippen MR) is 98.1 cm³/mol. The maximum absolute atomic E-state index is 12.2. The van der Waals surface area contributed by atoms with E-state index in [2.05, 4.69) is 23.5 Å². The van der Waals surface area contributed by atoms with Gasteiger partial charge in [-0.25, -0.2) is 13.1 Å². The standard InChI is InChI=1S/C18H28N2O3S/c1-15-12-20(13-16(2)23-15)18(3,4)14-19-24(21,22)11-10-17-8-6-5-7-9-17/h5-11,15-16,19H,12-14H2,1-4H3/b11-10+. The van der Waals surface area contributed by atoms with E-state index in [9.17, 15) is 8.42 Å². The second-order valence-electron chi connectivity index (χ2n) is 7.05. The molecule has 1 heterocycles. The van der Waals surface area contributed by atoms with Gasteiger partial charge in [0.2, 0.25) is 10.0 Å². The lowest BCUT2D eigenvalue weighted by atomic mass is 10.0. The second-order valence-corrected chi connectivity index (χ2v) is 8.71. The third-order valence-corrected chi connectivity index (χ3v) is 5.26. The van der Waals surface area contributed by atoms with E-state index in [1.165, 1.54) is 5.41 Å². The summed E-state index contributed by atoms with van der Waals surface area (Å²) < 4.78 is 32.9. The van der Waals surface area contributed by atoms with Crippen LogP contribution in [0.1, 0.15) is 33.3 Å². The molecule has 2 unspecified atom stereocenters. The normalized spacial score (nSPS) is 23.7. The molecule has 0 bridgehead atoms. The van der Waals surface area contributed by atoms with Gasteiger partial charge in [0.15, 0.2) is 0 Å². The SMILES string of the molecule is CC1CN(C(C)(C)CNS(=O)(=O)/C=C/c2ccccc2)CC(C)O1. The fourth-order valence-corrected chi connectivity index (χ4v) is 3.83. The summed E-state index contributed by atoms with van der Waals surface area (Å²) in [5.41, 5.74) is 0.581. The highest BCUT2D eigenvalue weighted by Crippen LogP contribution is 2.21. The molecule has 6 heteroatoms. The van der Waals surface area contributed by atoms with E-state index in [0.717, 1.165) is 18.7 Å². The van der Waals surface area contributed by atoms with Gasteiger partial charge >= 0.3 is 0 Å². The number of rotatable bonds is 6. The average molecular weight is 353 g/mol. The molecule has 0 amide bonds. The Bertz CT molecular complexity index is 646. The Labute approximate surface area is 145 Å². The van der Waals surface area contributed by atoms with Gasteiger partial charge < -0.3 is 4.74 Å². The van der Waals surface area contributed by atoms with Gasteiger partial charge in [-0.3, -0.25) is 4.90 Å². The molecular weight excluding hydrogens is 324 g/mol. The summed E-state index contributed by atoms with van der Waals surface area (Å²) in [6.07, 6.45) is 1.92. The summed E-state index contributed by atoms with van der Waals surface area (Å²) in [6.45, 7) is 10.2. The molecule has 1 fully saturated rings. The second kappa shape index (κ2) is 7.78. The van der Waals surface area contributed by atoms with Gasteiger partial charge in [0.25, 0.3) is 0 Å². The molecule has 2 rings (SSSR count). The van der Waals surface area contributed by atoms with Gasteiger partial charge in [-0.2, -0.15) is 0 Å². The van der Waals surface area contributed by atoms with E-state index in [0.29, 0.717) is 6.54 Å². The van der Waals surface area contributed by atoms with Gasteiger partial charge in [-0.05, 0) is 39.3 Å². The van der Waals surface area contributed by atoms with Crippen molar-refractivity contribution in [3.63, 3.8) is 0 Å². The van der Waals surface area contributed by atoms with Crippen LogP contribution < -0.4 is 4.72 Å². The molecule has 1 aliphatic heterocycles. The van der Waals surface area contributed by atoms with Crippen LogP contribution in [0.5, 0.6) is 0 Å². The van der Waals surface area contributed by atoms with Gasteiger partial charge in [0.1, 0.15) is 0 Å². The van der Waals surface area contributed by atoms with Gasteiger partial charge in [-0.15, -0.1) is 0 Å². The van der Waals surface area contributed by atoms with Crippen molar-refractivity contribution < 1.29 is 13.2 Å². The van der Waals surface area contributed by atoms with Crippen molar-refractivity contribution in [2.24, 2.45) is 0 Å². The molecule has 1 aliphatic rings.